The lowest BCUT2D eigenvalue weighted by atomic mass is 9.82. The molecule has 5 heterocycles. The van der Waals surface area contributed by atoms with Crippen LogP contribution >= 0.6 is 51.8 Å². The van der Waals surface area contributed by atoms with E-state index in [-0.39, 0.29) is 112 Å². The number of benzene rings is 4. The molecular weight excluding hydrogens is 2000 g/mol. The number of esters is 1. The van der Waals surface area contributed by atoms with Gasteiger partial charge in [-0.25, -0.2) is 13.2 Å². The van der Waals surface area contributed by atoms with Gasteiger partial charge < -0.3 is 132 Å². The monoisotopic (exact) mass is 2140 g/mol. The number of carbonyl (C=O) groups is 5. The summed E-state index contributed by atoms with van der Waals surface area (Å²) in [5.74, 6) is -14.8. The first-order valence-electron chi connectivity index (χ1n) is 48.8. The van der Waals surface area contributed by atoms with E-state index in [1.165, 1.54) is 0 Å². The SMILES string of the molecule is O=C(CCC(CCC(=O)NCCCCn1cc(CCCCNC(=S)Nc2ccc(O[C@H]3O[C@H](CCP(=O)(O)O)[C@@H](O)[C@H](O)[C@@H]3O)cc2)nn1)(CCC(=O)NCCCCn1cc(CCCCNC(=S)Nc2ccc(O[C@H]3O[C@H](CCP(=O)(O)O)[C@@H](O)[C@H](O)[C@@H]3O)cc2)nn1)NC(=O)CCCCCCCCCCC(=O)Oc1c(F)c(F)c(F)c(F)c1F)NCCCCn1cc(CCCCNC(=S)Nc2ccc(O)cc2)nn1. The molecule has 0 bridgehead atoms. The molecule has 802 valence electrons. The van der Waals surface area contributed by atoms with Gasteiger partial charge in [0.1, 0.15) is 53.9 Å². The minimum Gasteiger partial charge on any atom is -0.508 e. The van der Waals surface area contributed by atoms with Gasteiger partial charge in [0.25, 0.3) is 0 Å². The number of aromatic nitrogens is 9. The van der Waals surface area contributed by atoms with Crippen LogP contribution in [0, 0.1) is 29.1 Å². The summed E-state index contributed by atoms with van der Waals surface area (Å²) in [4.78, 5) is 106. The summed E-state index contributed by atoms with van der Waals surface area (Å²) in [6, 6.07) is 19.4. The summed E-state index contributed by atoms with van der Waals surface area (Å²) in [6.07, 6.45) is 3.34. The molecule has 0 saturated carbocycles. The van der Waals surface area contributed by atoms with Crippen molar-refractivity contribution < 1.29 is 134 Å². The number of aliphatic hydroxyl groups is 6. The number of unbranched alkanes of at least 4 members (excludes halogenated alkanes) is 13. The molecule has 21 N–H and O–H groups in total. The smallest absolute Gasteiger partial charge is 0.325 e. The third-order valence-corrected chi connectivity index (χ3v) is 26.4. The van der Waals surface area contributed by atoms with Crippen molar-refractivity contribution >= 4 is 114 Å². The highest BCUT2D eigenvalue weighted by Gasteiger charge is 2.47. The maximum Gasteiger partial charge on any atom is 0.325 e. The van der Waals surface area contributed by atoms with Crippen LogP contribution in [0.1, 0.15) is 210 Å². The minimum atomic E-state index is -4.44. The van der Waals surface area contributed by atoms with Gasteiger partial charge in [-0.05, 0) is 251 Å². The fourth-order valence-corrected chi connectivity index (χ4v) is 17.7. The number of ether oxygens (including phenoxy) is 5. The number of rotatable bonds is 65. The summed E-state index contributed by atoms with van der Waals surface area (Å²) in [5.41, 5.74) is 3.13. The van der Waals surface area contributed by atoms with E-state index in [0.717, 1.165) is 80.6 Å². The van der Waals surface area contributed by atoms with Gasteiger partial charge in [0, 0.05) is 132 Å². The maximum atomic E-state index is 14.3. The van der Waals surface area contributed by atoms with Gasteiger partial charge in [-0.2, -0.15) is 8.78 Å². The molecule has 52 heteroatoms. The Morgan fingerprint density at radius 1 is 0.386 bits per heavy atom. The first-order chi connectivity index (χ1) is 69.3. The lowest BCUT2D eigenvalue weighted by Crippen LogP contribution is -2.59. The van der Waals surface area contributed by atoms with E-state index in [1.807, 2.05) is 18.6 Å². The largest absolute Gasteiger partial charge is 0.508 e. The van der Waals surface area contributed by atoms with Crippen molar-refractivity contribution in [2.75, 3.05) is 67.5 Å². The van der Waals surface area contributed by atoms with Gasteiger partial charge in [0.05, 0.1) is 41.6 Å². The lowest BCUT2D eigenvalue weighted by Gasteiger charge is -2.40. The molecule has 9 rings (SSSR count). The molecule has 3 aromatic heterocycles. The van der Waals surface area contributed by atoms with Crippen molar-refractivity contribution in [2.24, 2.45) is 0 Å². The Hall–Kier alpha value is -10.3. The van der Waals surface area contributed by atoms with Crippen LogP contribution in [0.3, 0.4) is 0 Å². The van der Waals surface area contributed by atoms with E-state index < -0.39 is 135 Å². The van der Waals surface area contributed by atoms with Gasteiger partial charge in [-0.3, -0.25) is 47.1 Å². The zero-order valence-electron chi connectivity index (χ0n) is 80.4. The molecule has 2 aliphatic heterocycles. The molecule has 2 fully saturated rings. The lowest BCUT2D eigenvalue weighted by molar-refractivity contribution is -0.272. The van der Waals surface area contributed by atoms with Crippen molar-refractivity contribution in [1.29, 1.82) is 0 Å². The number of nitrogens with one attached hydrogen (secondary N) is 10. The average molecular weight is 2140 g/mol. The number of nitrogens with zero attached hydrogens (tertiary/aromatic N) is 9. The number of aromatic hydroxyl groups is 1. The predicted molar refractivity (Wildman–Crippen MR) is 534 cm³/mol. The number of hydrogen-bond acceptors (Lipinski definition) is 28. The highest BCUT2D eigenvalue weighted by molar-refractivity contribution is 7.81. The van der Waals surface area contributed by atoms with Gasteiger partial charge in [0.15, 0.2) is 15.3 Å². The second kappa shape index (κ2) is 61.5. The third-order valence-electron chi connectivity index (χ3n) is 24.0. The summed E-state index contributed by atoms with van der Waals surface area (Å²) in [6.45, 7) is 4.23. The molecule has 0 spiro atoms. The van der Waals surface area contributed by atoms with E-state index in [1.54, 1.807) is 86.8 Å². The van der Waals surface area contributed by atoms with E-state index in [0.29, 0.717) is 169 Å². The molecular formula is C93H134F5N19O23P2S3. The summed E-state index contributed by atoms with van der Waals surface area (Å²) >= 11 is 16.4. The van der Waals surface area contributed by atoms with Crippen LogP contribution < -0.4 is 67.4 Å². The zero-order chi connectivity index (χ0) is 105. The molecule has 0 aliphatic carbocycles. The predicted octanol–water partition coefficient (Wildman–Crippen LogP) is 8.09. The summed E-state index contributed by atoms with van der Waals surface area (Å²) < 4.78 is 124. The summed E-state index contributed by atoms with van der Waals surface area (Å²) in [7, 11) is -8.88. The molecule has 4 aromatic carbocycles. The Balaban J connectivity index is 0.731. The van der Waals surface area contributed by atoms with Crippen molar-refractivity contribution in [3.05, 3.63) is 138 Å². The molecule has 10 atom stereocenters. The first kappa shape index (κ1) is 118. The number of thiocarbonyl (C=S) groups is 3. The van der Waals surface area contributed by atoms with Gasteiger partial charge >= 0.3 is 21.2 Å². The normalized spacial score (nSPS) is 18.0. The number of amides is 4. The molecule has 4 amide bonds. The average Bonchev–Trinajstić information content (AvgIpc) is 1.25. The van der Waals surface area contributed by atoms with Crippen LogP contribution in [0.25, 0.3) is 0 Å². The van der Waals surface area contributed by atoms with Crippen molar-refractivity contribution in [3.63, 3.8) is 0 Å². The van der Waals surface area contributed by atoms with E-state index in [2.05, 4.69) is 88.8 Å². The van der Waals surface area contributed by atoms with Crippen molar-refractivity contribution in [2.45, 2.75) is 298 Å². The molecule has 145 heavy (non-hydrogen) atoms. The van der Waals surface area contributed by atoms with Crippen LogP contribution in [0.5, 0.6) is 23.0 Å². The second-order valence-electron chi connectivity index (χ2n) is 35.8. The molecule has 0 unspecified atom stereocenters. The number of aryl methyl sites for hydroxylation is 6. The molecule has 7 aromatic rings. The highest BCUT2D eigenvalue weighted by atomic mass is 32.1. The number of aliphatic hydroxyl groups excluding tert-OH is 6. The van der Waals surface area contributed by atoms with Crippen LogP contribution in [-0.4, -0.2) is 264 Å². The minimum absolute atomic E-state index is 0.0591. The topological polar surface area (TPSA) is 601 Å². The van der Waals surface area contributed by atoms with Crippen LogP contribution in [0.4, 0.5) is 39.0 Å². The zero-order valence-corrected chi connectivity index (χ0v) is 84.6. The van der Waals surface area contributed by atoms with E-state index >= 15 is 0 Å². The van der Waals surface area contributed by atoms with Crippen molar-refractivity contribution in [1.82, 2.24) is 82.2 Å². The first-order valence-corrected chi connectivity index (χ1v) is 53.6. The molecule has 42 nitrogen and oxygen atoms in total. The second-order valence-corrected chi connectivity index (χ2v) is 40.6. The Kier molecular flexibility index (Phi) is 50.2. The van der Waals surface area contributed by atoms with Crippen LogP contribution in [0.15, 0.2) is 91.4 Å². The molecule has 2 aliphatic rings. The number of phenols is 1. The molecule has 0 radical (unpaired) electrons. The molecule has 2 saturated heterocycles. The Morgan fingerprint density at radius 3 is 1.06 bits per heavy atom. The number of anilines is 3. The van der Waals surface area contributed by atoms with Crippen molar-refractivity contribution in [3.8, 4) is 23.0 Å². The van der Waals surface area contributed by atoms with Gasteiger partial charge in [0.2, 0.25) is 71.0 Å². The third kappa shape index (κ3) is 43.6. The Morgan fingerprint density at radius 2 is 0.703 bits per heavy atom. The van der Waals surface area contributed by atoms with E-state index in [4.69, 9.17) is 55.6 Å². The fraction of sp³-hybridized carbons (Fsp3) is 0.591. The Bertz CT molecular complexity index is 5090. The van der Waals surface area contributed by atoms with Gasteiger partial charge in [-0.1, -0.05) is 54.2 Å². The number of carbonyl (C=O) groups excluding carboxylic acids is 5. The van der Waals surface area contributed by atoms with Crippen LogP contribution in [0.2, 0.25) is 0 Å². The number of phenolic OH excluding ortho intramolecular Hbond substituents is 1. The number of hydrogen-bond donors (Lipinski definition) is 21. The quantitative estimate of drug-likeness (QED) is 0.00197. The van der Waals surface area contributed by atoms with Gasteiger partial charge in [-0.15, -0.1) is 15.3 Å². The standard InChI is InChI=1S/C93H134F5N19O23P2S3/c94-76-77(95)79(97)87(80(98)78(76)96)140-75(123)25-8-6-4-2-1-3-5-7-24-74(122)108-93(43-38-71(119)99-46-15-18-52-115-57-63(109-112-115)21-9-12-49-102-90(143)105-60-26-32-66(118)33-27-60,44-39-72(120)100-47-16-19-53-116-58-64(110-113-116)22-10-13-50-103-91(144)106-61-28-34-67(35-29-61)136-88-85(128)83(126)81(124)69(138-88)41-55-141(130,131)132)45-40-73(121)101-48-17-20-54-117-59-65(111-114-117)23-11-14-51-104-92(145)107-62-30-36-68(37-31-62)137-89-86(129)84(127)82(125)70(139-89)42-56-142(133,134)135/h26-37,57-59,69-70,81-86,88-89,118,124-129H,1-25,38-56H2,(H,99,119)(H,100,120)(H,101,121)(H,108,122)(H2,102,105,143)(H2,103,106,144)(H2,104,107,145)(H2,130,131,132)(H2,133,134,135)/t69-,70-,81-,82-,83+,84+,85+,86+,88+,89+/m1/s1. The maximum absolute atomic E-state index is 14.3. The highest BCUT2D eigenvalue weighted by Crippen LogP contribution is 2.40. The fourth-order valence-electron chi connectivity index (χ4n) is 15.8. The number of halogens is 5. The van der Waals surface area contributed by atoms with Crippen LogP contribution in [-0.2, 0) is 81.5 Å². The summed E-state index contributed by atoms with van der Waals surface area (Å²) in [5, 5.41) is 130. The Labute approximate surface area is 852 Å². The van der Waals surface area contributed by atoms with E-state index in [9.17, 15) is 110 Å².